The molecule has 1 atom stereocenters. The van der Waals surface area contributed by atoms with Crippen LogP contribution in [0.3, 0.4) is 0 Å². The van der Waals surface area contributed by atoms with Crippen LogP contribution in [0.2, 0.25) is 10.0 Å². The Morgan fingerprint density at radius 3 is 2.60 bits per heavy atom. The lowest BCUT2D eigenvalue weighted by molar-refractivity contribution is 0.737. The first kappa shape index (κ1) is 13.9. The highest BCUT2D eigenvalue weighted by molar-refractivity contribution is 6.44. The average Bonchev–Trinajstić information content (AvgIpc) is 2.69. The number of hydrogen-bond donors (Lipinski definition) is 1. The Morgan fingerprint density at radius 1 is 1.15 bits per heavy atom. The molecule has 1 nitrogen and oxygen atoms in total. The van der Waals surface area contributed by atoms with Gasteiger partial charge in [0, 0.05) is 11.5 Å². The van der Waals surface area contributed by atoms with E-state index in [-0.39, 0.29) is 0 Å². The van der Waals surface area contributed by atoms with E-state index in [4.69, 9.17) is 28.9 Å². The van der Waals surface area contributed by atoms with Gasteiger partial charge in [-0.25, -0.2) is 0 Å². The molecular weight excluding hydrogens is 289 g/mol. The normalized spacial score (nSPS) is 16.1. The second kappa shape index (κ2) is 5.07. The molecule has 0 amide bonds. The molecule has 0 aromatic heterocycles. The van der Waals surface area contributed by atoms with Crippen LogP contribution >= 0.6 is 23.2 Å². The van der Waals surface area contributed by atoms with E-state index in [1.165, 1.54) is 27.8 Å². The highest BCUT2D eigenvalue weighted by Gasteiger charge is 2.32. The van der Waals surface area contributed by atoms with Gasteiger partial charge in [-0.1, -0.05) is 47.0 Å². The Hall–Kier alpha value is -1.02. The third-order valence-electron chi connectivity index (χ3n) is 4.11. The molecule has 0 saturated carbocycles. The Bertz CT molecular complexity index is 692. The van der Waals surface area contributed by atoms with Crippen molar-refractivity contribution < 1.29 is 0 Å². The predicted molar refractivity (Wildman–Crippen MR) is 86.9 cm³/mol. The maximum Gasteiger partial charge on any atom is 0.0673 e. The van der Waals surface area contributed by atoms with E-state index in [1.54, 1.807) is 0 Å². The summed E-state index contributed by atoms with van der Waals surface area (Å²) in [5.74, 6) is 0.334. The molecule has 3 heteroatoms. The summed E-state index contributed by atoms with van der Waals surface area (Å²) in [5.41, 5.74) is 13.3. The van der Waals surface area contributed by atoms with Crippen molar-refractivity contribution in [2.24, 2.45) is 5.73 Å². The number of halogens is 2. The van der Waals surface area contributed by atoms with Crippen molar-refractivity contribution in [3.63, 3.8) is 0 Å². The Labute approximate surface area is 129 Å². The highest BCUT2D eigenvalue weighted by Crippen LogP contribution is 2.52. The largest absolute Gasteiger partial charge is 0.330 e. The van der Waals surface area contributed by atoms with E-state index in [2.05, 4.69) is 32.0 Å². The molecule has 0 saturated heterocycles. The zero-order chi connectivity index (χ0) is 14.4. The second-order valence-corrected chi connectivity index (χ2v) is 6.28. The number of hydrogen-bond acceptors (Lipinski definition) is 1. The van der Waals surface area contributed by atoms with Gasteiger partial charge in [0.05, 0.1) is 10.0 Å². The molecule has 1 aliphatic carbocycles. The number of nitrogens with two attached hydrogens (primary N) is 1. The fraction of sp³-hybridized carbons (Fsp3) is 0.294. The predicted octanol–water partition coefficient (Wildman–Crippen LogP) is 5.07. The molecule has 1 aliphatic rings. The van der Waals surface area contributed by atoms with Gasteiger partial charge in [-0.15, -0.1) is 0 Å². The van der Waals surface area contributed by atoms with Gasteiger partial charge in [0.15, 0.2) is 0 Å². The molecule has 0 radical (unpaired) electrons. The summed E-state index contributed by atoms with van der Waals surface area (Å²) in [4.78, 5) is 0. The molecule has 2 aromatic carbocycles. The standard InChI is InChI=1S/C17H17Cl2N/c1-9-7-10(2)15-12(5-6-20)11-3-4-14(18)17(19)16(11)13(15)8-9/h3-4,7-8,12H,5-6,20H2,1-2H3. The molecule has 0 spiro atoms. The van der Waals surface area contributed by atoms with Gasteiger partial charge in [0.2, 0.25) is 0 Å². The van der Waals surface area contributed by atoms with Gasteiger partial charge < -0.3 is 5.73 Å². The maximum atomic E-state index is 6.47. The quantitative estimate of drug-likeness (QED) is 0.823. The molecular formula is C17H17Cl2N. The molecule has 3 rings (SSSR count). The fourth-order valence-corrected chi connectivity index (χ4v) is 3.83. The van der Waals surface area contributed by atoms with Gasteiger partial charge in [-0.3, -0.25) is 0 Å². The van der Waals surface area contributed by atoms with Crippen LogP contribution in [-0.4, -0.2) is 6.54 Å². The molecule has 104 valence electrons. The van der Waals surface area contributed by atoms with E-state index < -0.39 is 0 Å². The van der Waals surface area contributed by atoms with E-state index in [9.17, 15) is 0 Å². The maximum absolute atomic E-state index is 6.47. The molecule has 0 aliphatic heterocycles. The van der Waals surface area contributed by atoms with Crippen molar-refractivity contribution in [2.45, 2.75) is 26.2 Å². The van der Waals surface area contributed by atoms with Gasteiger partial charge in [-0.05, 0) is 55.1 Å². The number of benzene rings is 2. The van der Waals surface area contributed by atoms with Crippen molar-refractivity contribution in [1.82, 2.24) is 0 Å². The van der Waals surface area contributed by atoms with Crippen molar-refractivity contribution in [3.05, 3.63) is 56.6 Å². The third kappa shape index (κ3) is 1.96. The Morgan fingerprint density at radius 2 is 1.90 bits per heavy atom. The summed E-state index contributed by atoms with van der Waals surface area (Å²) < 4.78 is 0. The smallest absolute Gasteiger partial charge is 0.0673 e. The van der Waals surface area contributed by atoms with Gasteiger partial charge >= 0.3 is 0 Å². The monoisotopic (exact) mass is 305 g/mol. The lowest BCUT2D eigenvalue weighted by Crippen LogP contribution is -2.07. The summed E-state index contributed by atoms with van der Waals surface area (Å²) in [5, 5.41) is 1.28. The second-order valence-electron chi connectivity index (χ2n) is 5.50. The van der Waals surface area contributed by atoms with Crippen LogP contribution in [-0.2, 0) is 0 Å². The molecule has 0 fully saturated rings. The van der Waals surface area contributed by atoms with E-state index in [0.717, 1.165) is 12.0 Å². The zero-order valence-corrected chi connectivity index (χ0v) is 13.1. The van der Waals surface area contributed by atoms with Crippen molar-refractivity contribution in [2.75, 3.05) is 6.54 Å². The summed E-state index contributed by atoms with van der Waals surface area (Å²) in [6.07, 6.45) is 0.932. The topological polar surface area (TPSA) is 26.0 Å². The van der Waals surface area contributed by atoms with Crippen LogP contribution in [0.5, 0.6) is 0 Å². The number of fused-ring (bicyclic) bond motifs is 3. The molecule has 0 bridgehead atoms. The van der Waals surface area contributed by atoms with E-state index in [0.29, 0.717) is 22.5 Å². The number of rotatable bonds is 2. The van der Waals surface area contributed by atoms with Crippen LogP contribution in [0.15, 0.2) is 24.3 Å². The first-order chi connectivity index (χ1) is 9.54. The summed E-state index contributed by atoms with van der Waals surface area (Å²) in [7, 11) is 0. The summed E-state index contributed by atoms with van der Waals surface area (Å²) in [6, 6.07) is 8.42. The summed E-state index contributed by atoms with van der Waals surface area (Å²) in [6.45, 7) is 4.94. The zero-order valence-electron chi connectivity index (χ0n) is 11.6. The molecule has 2 aromatic rings. The van der Waals surface area contributed by atoms with Gasteiger partial charge in [0.1, 0.15) is 0 Å². The van der Waals surface area contributed by atoms with Crippen LogP contribution < -0.4 is 5.73 Å². The van der Waals surface area contributed by atoms with E-state index >= 15 is 0 Å². The molecule has 0 heterocycles. The van der Waals surface area contributed by atoms with Crippen LogP contribution in [0.1, 0.15) is 34.6 Å². The fourth-order valence-electron chi connectivity index (χ4n) is 3.40. The lowest BCUT2D eigenvalue weighted by atomic mass is 9.90. The Balaban J connectivity index is 2.35. The minimum atomic E-state index is 0.334. The van der Waals surface area contributed by atoms with Crippen LogP contribution in [0.25, 0.3) is 11.1 Å². The number of aryl methyl sites for hydroxylation is 2. The van der Waals surface area contributed by atoms with E-state index in [1.807, 2.05) is 6.07 Å². The first-order valence-corrected chi connectivity index (χ1v) is 7.59. The van der Waals surface area contributed by atoms with Crippen LogP contribution in [0.4, 0.5) is 0 Å². The molecule has 20 heavy (non-hydrogen) atoms. The minimum Gasteiger partial charge on any atom is -0.330 e. The van der Waals surface area contributed by atoms with Crippen molar-refractivity contribution in [1.29, 1.82) is 0 Å². The summed E-state index contributed by atoms with van der Waals surface area (Å²) >= 11 is 12.7. The SMILES string of the molecule is Cc1cc(C)c2c(c1)-c1c(ccc(Cl)c1Cl)C2CCN. The van der Waals surface area contributed by atoms with Crippen molar-refractivity contribution >= 4 is 23.2 Å². The van der Waals surface area contributed by atoms with Gasteiger partial charge in [0.25, 0.3) is 0 Å². The minimum absolute atomic E-state index is 0.334. The van der Waals surface area contributed by atoms with Crippen molar-refractivity contribution in [3.8, 4) is 11.1 Å². The third-order valence-corrected chi connectivity index (χ3v) is 4.91. The Kier molecular flexibility index (Phi) is 3.53. The van der Waals surface area contributed by atoms with Gasteiger partial charge in [-0.2, -0.15) is 0 Å². The average molecular weight is 306 g/mol. The lowest BCUT2D eigenvalue weighted by Gasteiger charge is -2.15. The molecule has 2 N–H and O–H groups in total. The first-order valence-electron chi connectivity index (χ1n) is 6.84. The molecule has 1 unspecified atom stereocenters. The van der Waals surface area contributed by atoms with Crippen LogP contribution in [0, 0.1) is 13.8 Å². The highest BCUT2D eigenvalue weighted by atomic mass is 35.5.